The number of guanidine groups is 1. The summed E-state index contributed by atoms with van der Waals surface area (Å²) in [5, 5.41) is 27.4. The van der Waals surface area contributed by atoms with Crippen LogP contribution in [-0.4, -0.2) is 82.2 Å². The van der Waals surface area contributed by atoms with Crippen LogP contribution >= 0.6 is 0 Å². The number of rotatable bonds is 16. The van der Waals surface area contributed by atoms with E-state index in [4.69, 9.17) is 17.2 Å². The van der Waals surface area contributed by atoms with Gasteiger partial charge in [0.25, 0.3) is 0 Å². The molecule has 12 N–H and O–H groups in total. The number of amides is 3. The van der Waals surface area contributed by atoms with E-state index in [1.54, 1.807) is 6.20 Å². The lowest BCUT2D eigenvalue weighted by atomic mass is 10.0. The van der Waals surface area contributed by atoms with E-state index in [1.807, 2.05) is 38.1 Å². The molecule has 0 aliphatic carbocycles. The van der Waals surface area contributed by atoms with Crippen LogP contribution in [0.25, 0.3) is 10.9 Å². The summed E-state index contributed by atoms with van der Waals surface area (Å²) in [4.78, 5) is 58.0. The smallest absolute Gasteiger partial charge is 0.326 e. The Morgan fingerprint density at radius 3 is 2.23 bits per heavy atom. The van der Waals surface area contributed by atoms with E-state index in [2.05, 4.69) is 25.9 Å². The van der Waals surface area contributed by atoms with Gasteiger partial charge in [-0.1, -0.05) is 32.0 Å². The van der Waals surface area contributed by atoms with E-state index >= 15 is 0 Å². The van der Waals surface area contributed by atoms with Crippen molar-refractivity contribution in [1.82, 2.24) is 20.9 Å². The molecule has 14 heteroatoms. The van der Waals surface area contributed by atoms with Crippen LogP contribution in [0.1, 0.15) is 38.7 Å². The number of aromatic nitrogens is 1. The number of nitrogens with two attached hydrogens (primary N) is 3. The third-order valence-electron chi connectivity index (χ3n) is 6.17. The molecular weight excluding hydrogens is 520 g/mol. The van der Waals surface area contributed by atoms with Crippen molar-refractivity contribution in [3.63, 3.8) is 0 Å². The molecule has 0 spiro atoms. The predicted octanol–water partition coefficient (Wildman–Crippen LogP) is -1.33. The normalized spacial score (nSPS) is 14.1. The first-order valence-electron chi connectivity index (χ1n) is 13.0. The zero-order chi connectivity index (χ0) is 29.8. The Kier molecular flexibility index (Phi) is 12.4. The van der Waals surface area contributed by atoms with E-state index in [9.17, 15) is 29.4 Å². The van der Waals surface area contributed by atoms with Gasteiger partial charge in [-0.25, -0.2) is 4.79 Å². The number of H-pyrrole nitrogens is 1. The Bertz CT molecular complexity index is 1190. The minimum absolute atomic E-state index is 0.0106. The average molecular weight is 561 g/mol. The topological polar surface area (TPSA) is 251 Å². The summed E-state index contributed by atoms with van der Waals surface area (Å²) in [5.41, 5.74) is 17.8. The molecule has 0 saturated carbocycles. The highest BCUT2D eigenvalue weighted by atomic mass is 16.4. The molecule has 4 unspecified atom stereocenters. The number of hydrogen-bond donors (Lipinski definition) is 9. The number of nitrogens with zero attached hydrogens (tertiary/aromatic N) is 1. The van der Waals surface area contributed by atoms with Gasteiger partial charge < -0.3 is 48.3 Å². The van der Waals surface area contributed by atoms with Gasteiger partial charge in [-0.3, -0.25) is 19.4 Å². The standard InChI is InChI=1S/C26H40N8O6/c1-14(2)10-21(25(39)40)34-24(38)20(11-15-12-31-18-7-4-3-6-16(15)18)33-23(37)19(8-5-9-30-26(28)29)32-22(36)17(27)13-35/h3-4,6-7,12,14,17,19-21,31,35H,5,8-11,13,27H2,1-2H3,(H,32,36)(H,33,37)(H,34,38)(H,39,40)(H4,28,29,30). The second-order valence-corrected chi connectivity index (χ2v) is 9.95. The van der Waals surface area contributed by atoms with Crippen LogP contribution in [0.15, 0.2) is 35.5 Å². The van der Waals surface area contributed by atoms with Crippen molar-refractivity contribution in [2.75, 3.05) is 13.2 Å². The van der Waals surface area contributed by atoms with Gasteiger partial charge in [-0.05, 0) is 36.8 Å². The first-order valence-corrected chi connectivity index (χ1v) is 13.0. The fraction of sp³-hybridized carbons (Fsp3) is 0.500. The number of hydrogen-bond acceptors (Lipinski definition) is 7. The number of aliphatic imine (C=N–C) groups is 1. The molecule has 0 fully saturated rings. The fourth-order valence-electron chi connectivity index (χ4n) is 4.10. The minimum Gasteiger partial charge on any atom is -0.480 e. The van der Waals surface area contributed by atoms with Crippen molar-refractivity contribution >= 4 is 40.6 Å². The number of carbonyl (C=O) groups is 4. The molecule has 4 atom stereocenters. The third kappa shape index (κ3) is 9.85. The first-order chi connectivity index (χ1) is 18.9. The summed E-state index contributed by atoms with van der Waals surface area (Å²) < 4.78 is 0. The number of carbonyl (C=O) groups excluding carboxylic acids is 3. The van der Waals surface area contributed by atoms with E-state index < -0.39 is 54.5 Å². The van der Waals surface area contributed by atoms with Gasteiger partial charge in [0.1, 0.15) is 24.2 Å². The molecule has 14 nitrogen and oxygen atoms in total. The van der Waals surface area contributed by atoms with Crippen LogP contribution in [0.5, 0.6) is 0 Å². The molecule has 0 aliphatic heterocycles. The maximum Gasteiger partial charge on any atom is 0.326 e. The van der Waals surface area contributed by atoms with Crippen molar-refractivity contribution in [2.24, 2.45) is 28.1 Å². The van der Waals surface area contributed by atoms with Crippen molar-refractivity contribution in [1.29, 1.82) is 0 Å². The third-order valence-corrected chi connectivity index (χ3v) is 6.17. The monoisotopic (exact) mass is 560 g/mol. The van der Waals surface area contributed by atoms with Gasteiger partial charge in [0.05, 0.1) is 6.61 Å². The Morgan fingerprint density at radius 2 is 1.60 bits per heavy atom. The molecule has 0 bridgehead atoms. The zero-order valence-electron chi connectivity index (χ0n) is 22.7. The van der Waals surface area contributed by atoms with Gasteiger partial charge in [0.2, 0.25) is 17.7 Å². The molecule has 1 aromatic heterocycles. The molecule has 1 aromatic carbocycles. The van der Waals surface area contributed by atoms with Gasteiger partial charge in [0.15, 0.2) is 5.96 Å². The van der Waals surface area contributed by atoms with Crippen LogP contribution in [0.4, 0.5) is 0 Å². The lowest BCUT2D eigenvalue weighted by molar-refractivity contribution is -0.142. The number of para-hydroxylation sites is 1. The summed E-state index contributed by atoms with van der Waals surface area (Å²) >= 11 is 0. The van der Waals surface area contributed by atoms with Gasteiger partial charge in [-0.15, -0.1) is 0 Å². The van der Waals surface area contributed by atoms with E-state index in [0.717, 1.165) is 16.5 Å². The minimum atomic E-state index is -1.26. The number of aliphatic hydroxyl groups is 1. The Hall–Kier alpha value is -4.17. The molecule has 3 amide bonds. The summed E-state index contributed by atoms with van der Waals surface area (Å²) in [6.45, 7) is 3.22. The van der Waals surface area contributed by atoms with E-state index in [0.29, 0.717) is 6.42 Å². The summed E-state index contributed by atoms with van der Waals surface area (Å²) in [5.74, 6) is -3.48. The molecular formula is C26H40N8O6. The molecule has 0 saturated heterocycles. The number of carboxylic acid groups (broad SMARTS) is 1. The van der Waals surface area contributed by atoms with Crippen LogP contribution < -0.4 is 33.2 Å². The highest BCUT2D eigenvalue weighted by Crippen LogP contribution is 2.19. The van der Waals surface area contributed by atoms with Crippen molar-refractivity contribution < 1.29 is 29.4 Å². The fourth-order valence-corrected chi connectivity index (χ4v) is 4.10. The van der Waals surface area contributed by atoms with Gasteiger partial charge in [0, 0.05) is 30.1 Å². The maximum atomic E-state index is 13.4. The summed E-state index contributed by atoms with van der Waals surface area (Å²) in [6, 6.07) is 2.68. The van der Waals surface area contributed by atoms with Crippen LogP contribution in [-0.2, 0) is 25.6 Å². The van der Waals surface area contributed by atoms with Gasteiger partial charge >= 0.3 is 5.97 Å². The van der Waals surface area contributed by atoms with Crippen molar-refractivity contribution in [2.45, 2.75) is 63.7 Å². The van der Waals surface area contributed by atoms with Crippen LogP contribution in [0, 0.1) is 5.92 Å². The lowest BCUT2D eigenvalue weighted by Crippen LogP contribution is -2.58. The number of aliphatic carboxylic acids is 1. The Balaban J connectivity index is 2.32. The molecule has 40 heavy (non-hydrogen) atoms. The average Bonchev–Trinajstić information content (AvgIpc) is 3.31. The molecule has 2 rings (SSSR count). The molecule has 220 valence electrons. The number of aliphatic hydroxyl groups excluding tert-OH is 1. The number of benzene rings is 1. The second-order valence-electron chi connectivity index (χ2n) is 9.95. The highest BCUT2D eigenvalue weighted by molar-refractivity contribution is 5.95. The number of carboxylic acids is 1. The SMILES string of the molecule is CC(C)CC(NC(=O)C(Cc1c[nH]c2ccccc12)NC(=O)C(CCCN=C(N)N)NC(=O)C(N)CO)C(=O)O. The van der Waals surface area contributed by atoms with E-state index in [1.165, 1.54) is 0 Å². The first kappa shape index (κ1) is 32.0. The van der Waals surface area contributed by atoms with Crippen LogP contribution in [0.2, 0.25) is 0 Å². The lowest BCUT2D eigenvalue weighted by Gasteiger charge is -2.25. The predicted molar refractivity (Wildman–Crippen MR) is 150 cm³/mol. The largest absolute Gasteiger partial charge is 0.480 e. The molecule has 0 radical (unpaired) electrons. The van der Waals surface area contributed by atoms with E-state index in [-0.39, 0.29) is 37.7 Å². The Morgan fingerprint density at radius 1 is 0.975 bits per heavy atom. The quantitative estimate of drug-likeness (QED) is 0.0669. The van der Waals surface area contributed by atoms with Crippen molar-refractivity contribution in [3.8, 4) is 0 Å². The summed E-state index contributed by atoms with van der Waals surface area (Å²) in [7, 11) is 0. The zero-order valence-corrected chi connectivity index (χ0v) is 22.7. The molecule has 1 heterocycles. The molecule has 2 aromatic rings. The second kappa shape index (κ2) is 15.4. The Labute approximate surface area is 232 Å². The number of fused-ring (bicyclic) bond motifs is 1. The van der Waals surface area contributed by atoms with Crippen LogP contribution in [0.3, 0.4) is 0 Å². The highest BCUT2D eigenvalue weighted by Gasteiger charge is 2.31. The van der Waals surface area contributed by atoms with Crippen molar-refractivity contribution in [3.05, 3.63) is 36.0 Å². The number of aromatic amines is 1. The van der Waals surface area contributed by atoms with Gasteiger partial charge in [-0.2, -0.15) is 0 Å². The molecule has 0 aliphatic rings. The number of nitrogens with one attached hydrogen (secondary N) is 4. The summed E-state index contributed by atoms with van der Waals surface area (Å²) in [6.07, 6.45) is 2.35. The maximum absolute atomic E-state index is 13.4.